The number of ether oxygens (including phenoxy) is 3. The van der Waals surface area contributed by atoms with Gasteiger partial charge in [0.2, 0.25) is 12.2 Å². The van der Waals surface area contributed by atoms with Gasteiger partial charge in [-0.1, -0.05) is 36.4 Å². The van der Waals surface area contributed by atoms with Gasteiger partial charge in [-0.2, -0.15) is 0 Å². The van der Waals surface area contributed by atoms with Gasteiger partial charge in [-0.25, -0.2) is 4.98 Å². The summed E-state index contributed by atoms with van der Waals surface area (Å²) in [6.07, 6.45) is -0.444. The van der Waals surface area contributed by atoms with Gasteiger partial charge in [0.25, 0.3) is 0 Å². The Morgan fingerprint density at radius 1 is 0.905 bits per heavy atom. The summed E-state index contributed by atoms with van der Waals surface area (Å²) in [5.41, 5.74) is 1.83. The molecule has 0 unspecified atom stereocenters. The Morgan fingerprint density at radius 3 is 2.29 bits per heavy atom. The third kappa shape index (κ3) is 4.85. The lowest BCUT2D eigenvalue weighted by atomic mass is 10.2. The zero-order chi connectivity index (χ0) is 14.9. The molecule has 1 aromatic heterocycles. The van der Waals surface area contributed by atoms with Gasteiger partial charge in [0.15, 0.2) is 0 Å². The third-order valence-corrected chi connectivity index (χ3v) is 2.85. The number of benzene rings is 1. The van der Waals surface area contributed by atoms with Crippen LogP contribution in [-0.4, -0.2) is 18.2 Å². The zero-order valence-electron chi connectivity index (χ0n) is 12.5. The van der Waals surface area contributed by atoms with Gasteiger partial charge in [0, 0.05) is 19.3 Å². The molecule has 0 aliphatic carbocycles. The molecule has 4 heteroatoms. The van der Waals surface area contributed by atoms with Crippen molar-refractivity contribution < 1.29 is 14.2 Å². The van der Waals surface area contributed by atoms with Crippen LogP contribution >= 0.6 is 0 Å². The molecule has 0 bridgehead atoms. The molecular weight excluding hydrogens is 266 g/mol. The minimum atomic E-state index is -0.444. The molecule has 0 aliphatic heterocycles. The average molecular weight is 287 g/mol. The summed E-state index contributed by atoms with van der Waals surface area (Å²) in [7, 11) is 0. The fourth-order valence-electron chi connectivity index (χ4n) is 1.90. The number of hydrogen-bond acceptors (Lipinski definition) is 4. The van der Waals surface area contributed by atoms with E-state index in [1.54, 1.807) is 0 Å². The second kappa shape index (κ2) is 8.39. The van der Waals surface area contributed by atoms with Crippen LogP contribution in [0.5, 0.6) is 5.88 Å². The van der Waals surface area contributed by atoms with E-state index in [0.29, 0.717) is 25.7 Å². The lowest BCUT2D eigenvalue weighted by molar-refractivity contribution is -0.142. The minimum absolute atomic E-state index is 0.444. The van der Waals surface area contributed by atoms with Crippen molar-refractivity contribution in [2.75, 3.05) is 13.2 Å². The van der Waals surface area contributed by atoms with Crippen LogP contribution in [0.15, 0.2) is 48.5 Å². The lowest BCUT2D eigenvalue weighted by Gasteiger charge is -2.17. The van der Waals surface area contributed by atoms with Crippen LogP contribution < -0.4 is 4.74 Å². The molecule has 0 fully saturated rings. The van der Waals surface area contributed by atoms with Gasteiger partial charge in [-0.3, -0.25) is 0 Å². The van der Waals surface area contributed by atoms with Crippen molar-refractivity contribution in [2.24, 2.45) is 0 Å². The molecule has 2 aromatic rings. The van der Waals surface area contributed by atoms with Gasteiger partial charge in [0.1, 0.15) is 12.3 Å². The second-order valence-electron chi connectivity index (χ2n) is 4.42. The van der Waals surface area contributed by atoms with Crippen molar-refractivity contribution in [2.45, 2.75) is 26.7 Å². The summed E-state index contributed by atoms with van der Waals surface area (Å²) in [4.78, 5) is 4.45. The van der Waals surface area contributed by atoms with Gasteiger partial charge in [-0.05, 0) is 25.5 Å². The predicted octanol–water partition coefficient (Wildman–Crippen LogP) is 3.73. The maximum Gasteiger partial charge on any atom is 0.213 e. The largest absolute Gasteiger partial charge is 0.473 e. The van der Waals surface area contributed by atoms with Crippen molar-refractivity contribution >= 4 is 0 Å². The molecule has 0 spiro atoms. The first-order valence-electron chi connectivity index (χ1n) is 7.20. The number of rotatable bonds is 8. The fraction of sp³-hybridized carbons (Fsp3) is 0.353. The van der Waals surface area contributed by atoms with E-state index in [2.05, 4.69) is 4.98 Å². The highest BCUT2D eigenvalue weighted by molar-refractivity contribution is 5.18. The summed E-state index contributed by atoms with van der Waals surface area (Å²) in [5.74, 6) is 0.570. The Balaban J connectivity index is 2.02. The predicted molar refractivity (Wildman–Crippen MR) is 81.0 cm³/mol. The SMILES string of the molecule is CCOC(OCC)c1cccc(OCc2ccccc2)n1. The molecule has 0 radical (unpaired) electrons. The van der Waals surface area contributed by atoms with Gasteiger partial charge < -0.3 is 14.2 Å². The normalized spacial score (nSPS) is 10.8. The fourth-order valence-corrected chi connectivity index (χ4v) is 1.90. The lowest BCUT2D eigenvalue weighted by Crippen LogP contribution is -2.11. The van der Waals surface area contributed by atoms with Crippen LogP contribution in [0.1, 0.15) is 31.4 Å². The monoisotopic (exact) mass is 287 g/mol. The molecule has 4 nitrogen and oxygen atoms in total. The molecule has 0 aliphatic rings. The van der Waals surface area contributed by atoms with Gasteiger partial charge >= 0.3 is 0 Å². The number of nitrogens with zero attached hydrogens (tertiary/aromatic N) is 1. The molecule has 2 rings (SSSR count). The van der Waals surface area contributed by atoms with E-state index in [0.717, 1.165) is 11.3 Å². The Hall–Kier alpha value is -1.91. The maximum atomic E-state index is 5.72. The second-order valence-corrected chi connectivity index (χ2v) is 4.42. The molecule has 0 atom stereocenters. The number of pyridine rings is 1. The maximum absolute atomic E-state index is 5.72. The Kier molecular flexibility index (Phi) is 6.19. The van der Waals surface area contributed by atoms with Crippen LogP contribution in [0.4, 0.5) is 0 Å². The van der Waals surface area contributed by atoms with Crippen molar-refractivity contribution in [3.8, 4) is 5.88 Å². The summed E-state index contributed by atoms with van der Waals surface area (Å²) < 4.78 is 16.8. The molecular formula is C17H21NO3. The number of aromatic nitrogens is 1. The van der Waals surface area contributed by atoms with E-state index < -0.39 is 6.29 Å². The van der Waals surface area contributed by atoms with E-state index in [4.69, 9.17) is 14.2 Å². The highest BCUT2D eigenvalue weighted by atomic mass is 16.7. The van der Waals surface area contributed by atoms with Crippen LogP contribution in [0, 0.1) is 0 Å². The van der Waals surface area contributed by atoms with E-state index >= 15 is 0 Å². The molecule has 21 heavy (non-hydrogen) atoms. The summed E-state index contributed by atoms with van der Waals surface area (Å²) in [6.45, 7) is 5.50. The van der Waals surface area contributed by atoms with Crippen LogP contribution in [0.25, 0.3) is 0 Å². The van der Waals surface area contributed by atoms with Crippen molar-refractivity contribution in [1.29, 1.82) is 0 Å². The first-order chi connectivity index (χ1) is 10.3. The van der Waals surface area contributed by atoms with Crippen LogP contribution in [0.3, 0.4) is 0 Å². The third-order valence-electron chi connectivity index (χ3n) is 2.85. The molecule has 0 saturated carbocycles. The molecule has 0 N–H and O–H groups in total. The number of hydrogen-bond donors (Lipinski definition) is 0. The van der Waals surface area contributed by atoms with Crippen LogP contribution in [-0.2, 0) is 16.1 Å². The Morgan fingerprint density at radius 2 is 1.62 bits per heavy atom. The Labute approximate surface area is 125 Å². The summed E-state index contributed by atoms with van der Waals surface area (Å²) >= 11 is 0. The van der Waals surface area contributed by atoms with Gasteiger partial charge in [-0.15, -0.1) is 0 Å². The van der Waals surface area contributed by atoms with Crippen molar-refractivity contribution in [1.82, 2.24) is 4.98 Å². The van der Waals surface area contributed by atoms with Crippen LogP contribution in [0.2, 0.25) is 0 Å². The highest BCUT2D eigenvalue weighted by Crippen LogP contribution is 2.20. The molecule has 1 aromatic carbocycles. The van der Waals surface area contributed by atoms with Crippen molar-refractivity contribution in [3.63, 3.8) is 0 Å². The summed E-state index contributed by atoms with van der Waals surface area (Å²) in [5, 5.41) is 0. The quantitative estimate of drug-likeness (QED) is 0.694. The highest BCUT2D eigenvalue weighted by Gasteiger charge is 2.13. The van der Waals surface area contributed by atoms with E-state index in [9.17, 15) is 0 Å². The molecule has 0 saturated heterocycles. The minimum Gasteiger partial charge on any atom is -0.473 e. The Bertz CT molecular complexity index is 525. The average Bonchev–Trinajstić information content (AvgIpc) is 2.54. The molecule has 112 valence electrons. The molecule has 0 amide bonds. The smallest absolute Gasteiger partial charge is 0.213 e. The van der Waals surface area contributed by atoms with Crippen molar-refractivity contribution in [3.05, 3.63) is 59.8 Å². The van der Waals surface area contributed by atoms with E-state index in [1.807, 2.05) is 62.4 Å². The zero-order valence-corrected chi connectivity index (χ0v) is 12.5. The first-order valence-corrected chi connectivity index (χ1v) is 7.20. The van der Waals surface area contributed by atoms with E-state index in [1.165, 1.54) is 0 Å². The summed E-state index contributed by atoms with van der Waals surface area (Å²) in [6, 6.07) is 15.6. The first kappa shape index (κ1) is 15.5. The van der Waals surface area contributed by atoms with E-state index in [-0.39, 0.29) is 0 Å². The molecule has 1 heterocycles. The van der Waals surface area contributed by atoms with Gasteiger partial charge in [0.05, 0.1) is 0 Å². The standard InChI is InChI=1S/C17H21NO3/c1-3-19-17(20-4-2)15-11-8-12-16(18-15)21-13-14-9-6-5-7-10-14/h5-12,17H,3-4,13H2,1-2H3. The topological polar surface area (TPSA) is 40.6 Å².